The van der Waals surface area contributed by atoms with Crippen LogP contribution in [0.25, 0.3) is 0 Å². The van der Waals surface area contributed by atoms with Crippen LogP contribution in [0.3, 0.4) is 0 Å². The van der Waals surface area contributed by atoms with E-state index in [2.05, 4.69) is 15.9 Å². The highest BCUT2D eigenvalue weighted by atomic mass is 79.9. The van der Waals surface area contributed by atoms with Crippen LogP contribution in [0.2, 0.25) is 0 Å². The van der Waals surface area contributed by atoms with Crippen molar-refractivity contribution in [2.24, 2.45) is 0 Å². The lowest BCUT2D eigenvalue weighted by Gasteiger charge is -2.43. The van der Waals surface area contributed by atoms with Crippen molar-refractivity contribution >= 4 is 22.2 Å². The van der Waals surface area contributed by atoms with Gasteiger partial charge in [-0.1, -0.05) is 15.9 Å². The number of carbonyl (C=O) groups is 1. The molecule has 0 aliphatic carbocycles. The SMILES string of the molecule is O=Cc1cc(OC2CCOC3(CCOCC3)C2)ccc1Br. The number of benzene rings is 1. The fourth-order valence-electron chi connectivity index (χ4n) is 3.05. The van der Waals surface area contributed by atoms with Crippen molar-refractivity contribution in [3.63, 3.8) is 0 Å². The van der Waals surface area contributed by atoms with Gasteiger partial charge in [-0.15, -0.1) is 0 Å². The van der Waals surface area contributed by atoms with E-state index in [4.69, 9.17) is 14.2 Å². The molecule has 3 rings (SSSR count). The highest BCUT2D eigenvalue weighted by molar-refractivity contribution is 9.10. The Bertz CT molecular complexity index is 505. The summed E-state index contributed by atoms with van der Waals surface area (Å²) in [6, 6.07) is 5.52. The average molecular weight is 355 g/mol. The molecule has 0 amide bonds. The predicted molar refractivity (Wildman–Crippen MR) is 81.9 cm³/mol. The first kappa shape index (κ1) is 15.0. The Morgan fingerprint density at radius 3 is 2.86 bits per heavy atom. The summed E-state index contributed by atoms with van der Waals surface area (Å²) in [5.41, 5.74) is 0.532. The molecule has 1 aromatic rings. The minimum Gasteiger partial charge on any atom is -0.490 e. The lowest BCUT2D eigenvalue weighted by molar-refractivity contribution is -0.155. The zero-order valence-electron chi connectivity index (χ0n) is 11.8. The molecular weight excluding hydrogens is 336 g/mol. The van der Waals surface area contributed by atoms with Crippen LogP contribution in [-0.2, 0) is 9.47 Å². The number of hydrogen-bond acceptors (Lipinski definition) is 4. The molecule has 21 heavy (non-hydrogen) atoms. The molecule has 2 saturated heterocycles. The minimum absolute atomic E-state index is 0.0793. The standard InChI is InChI=1S/C16H19BrO4/c17-15-2-1-13(9-12(15)11-18)21-14-3-6-20-16(10-14)4-7-19-8-5-16/h1-2,9,11,14H,3-8,10H2. The van der Waals surface area contributed by atoms with Crippen LogP contribution in [0.15, 0.2) is 22.7 Å². The molecule has 1 atom stereocenters. The second-order valence-electron chi connectivity index (χ2n) is 5.68. The van der Waals surface area contributed by atoms with Gasteiger partial charge in [-0.05, 0) is 31.0 Å². The van der Waals surface area contributed by atoms with Crippen LogP contribution in [0, 0.1) is 0 Å². The van der Waals surface area contributed by atoms with Gasteiger partial charge in [-0.25, -0.2) is 0 Å². The predicted octanol–water partition coefficient (Wildman–Crippen LogP) is 3.37. The van der Waals surface area contributed by atoms with Crippen LogP contribution in [-0.4, -0.2) is 37.8 Å². The molecule has 114 valence electrons. The maximum atomic E-state index is 11.0. The van der Waals surface area contributed by atoms with Crippen molar-refractivity contribution in [2.45, 2.75) is 37.4 Å². The Hall–Kier alpha value is -0.910. The Kier molecular flexibility index (Phi) is 4.62. The van der Waals surface area contributed by atoms with Gasteiger partial charge in [0.2, 0.25) is 0 Å². The topological polar surface area (TPSA) is 44.8 Å². The quantitative estimate of drug-likeness (QED) is 0.780. The van der Waals surface area contributed by atoms with E-state index < -0.39 is 0 Å². The van der Waals surface area contributed by atoms with E-state index in [1.54, 1.807) is 6.07 Å². The third-order valence-corrected chi connectivity index (χ3v) is 4.97. The summed E-state index contributed by atoms with van der Waals surface area (Å²) >= 11 is 3.35. The van der Waals surface area contributed by atoms with E-state index in [1.165, 1.54) is 0 Å². The molecule has 4 nitrogen and oxygen atoms in total. The zero-order chi connectivity index (χ0) is 14.7. The van der Waals surface area contributed by atoms with Crippen molar-refractivity contribution in [2.75, 3.05) is 19.8 Å². The number of halogens is 1. The second kappa shape index (κ2) is 6.46. The van der Waals surface area contributed by atoms with Crippen molar-refractivity contribution in [1.29, 1.82) is 0 Å². The summed E-state index contributed by atoms with van der Waals surface area (Å²) in [4.78, 5) is 11.0. The number of carbonyl (C=O) groups excluding carboxylic acids is 1. The molecule has 1 spiro atoms. The number of aldehydes is 1. The number of rotatable bonds is 3. The minimum atomic E-state index is -0.0793. The fourth-order valence-corrected chi connectivity index (χ4v) is 3.39. The van der Waals surface area contributed by atoms with Gasteiger partial charge in [0.05, 0.1) is 12.2 Å². The molecule has 1 unspecified atom stereocenters. The van der Waals surface area contributed by atoms with Crippen molar-refractivity contribution < 1.29 is 19.0 Å². The first-order chi connectivity index (χ1) is 10.2. The highest BCUT2D eigenvalue weighted by Gasteiger charge is 2.39. The second-order valence-corrected chi connectivity index (χ2v) is 6.53. The lowest BCUT2D eigenvalue weighted by Crippen LogP contribution is -2.47. The van der Waals surface area contributed by atoms with Gasteiger partial charge in [0.25, 0.3) is 0 Å². The van der Waals surface area contributed by atoms with E-state index >= 15 is 0 Å². The van der Waals surface area contributed by atoms with Crippen LogP contribution in [0.5, 0.6) is 5.75 Å². The van der Waals surface area contributed by atoms with Gasteiger partial charge in [0.1, 0.15) is 11.9 Å². The molecule has 2 heterocycles. The first-order valence-corrected chi connectivity index (χ1v) is 8.13. The molecule has 0 saturated carbocycles. The van der Waals surface area contributed by atoms with E-state index in [-0.39, 0.29) is 11.7 Å². The molecule has 0 radical (unpaired) electrons. The molecular formula is C16H19BrO4. The Balaban J connectivity index is 1.68. The van der Waals surface area contributed by atoms with Gasteiger partial charge >= 0.3 is 0 Å². The Morgan fingerprint density at radius 2 is 2.10 bits per heavy atom. The molecule has 0 bridgehead atoms. The van der Waals surface area contributed by atoms with Gasteiger partial charge in [-0.2, -0.15) is 0 Å². The van der Waals surface area contributed by atoms with Gasteiger partial charge in [0.15, 0.2) is 6.29 Å². The molecule has 2 aliphatic rings. The first-order valence-electron chi connectivity index (χ1n) is 7.34. The summed E-state index contributed by atoms with van der Waals surface area (Å²) in [5, 5.41) is 0. The summed E-state index contributed by atoms with van der Waals surface area (Å²) in [7, 11) is 0. The third-order valence-electron chi connectivity index (χ3n) is 4.25. The maximum Gasteiger partial charge on any atom is 0.151 e. The van der Waals surface area contributed by atoms with E-state index in [0.29, 0.717) is 5.56 Å². The van der Waals surface area contributed by atoms with Crippen LogP contribution < -0.4 is 4.74 Å². The Labute approximate surface area is 132 Å². The average Bonchev–Trinajstić information content (AvgIpc) is 2.50. The van der Waals surface area contributed by atoms with Crippen molar-refractivity contribution in [1.82, 2.24) is 0 Å². The van der Waals surface area contributed by atoms with Crippen LogP contribution >= 0.6 is 15.9 Å². The van der Waals surface area contributed by atoms with Crippen molar-refractivity contribution in [3.8, 4) is 5.75 Å². The van der Waals surface area contributed by atoms with E-state index in [0.717, 1.165) is 62.0 Å². The molecule has 1 aromatic carbocycles. The monoisotopic (exact) mass is 354 g/mol. The summed E-state index contributed by atoms with van der Waals surface area (Å²) < 4.78 is 18.3. The van der Waals surface area contributed by atoms with Crippen LogP contribution in [0.4, 0.5) is 0 Å². The number of hydrogen-bond donors (Lipinski definition) is 0. The zero-order valence-corrected chi connectivity index (χ0v) is 13.4. The van der Waals surface area contributed by atoms with E-state index in [9.17, 15) is 4.79 Å². The Morgan fingerprint density at radius 1 is 1.29 bits per heavy atom. The third kappa shape index (κ3) is 3.47. The molecule has 2 aliphatic heterocycles. The molecule has 5 heteroatoms. The summed E-state index contributed by atoms with van der Waals surface area (Å²) in [5.74, 6) is 0.745. The van der Waals surface area contributed by atoms with Gasteiger partial charge in [0, 0.05) is 36.1 Å². The largest absolute Gasteiger partial charge is 0.490 e. The summed E-state index contributed by atoms with van der Waals surface area (Å²) in [6.07, 6.45) is 4.62. The van der Waals surface area contributed by atoms with Gasteiger partial charge < -0.3 is 14.2 Å². The molecule has 0 aromatic heterocycles. The maximum absolute atomic E-state index is 11.0. The van der Waals surface area contributed by atoms with Crippen LogP contribution in [0.1, 0.15) is 36.0 Å². The smallest absolute Gasteiger partial charge is 0.151 e. The normalized spacial score (nSPS) is 24.7. The number of ether oxygens (including phenoxy) is 3. The highest BCUT2D eigenvalue weighted by Crippen LogP contribution is 2.36. The lowest BCUT2D eigenvalue weighted by atomic mass is 9.85. The fraction of sp³-hybridized carbons (Fsp3) is 0.562. The van der Waals surface area contributed by atoms with Gasteiger partial charge in [-0.3, -0.25) is 4.79 Å². The molecule has 2 fully saturated rings. The van der Waals surface area contributed by atoms with E-state index in [1.807, 2.05) is 12.1 Å². The van der Waals surface area contributed by atoms with Crippen molar-refractivity contribution in [3.05, 3.63) is 28.2 Å². The molecule has 0 N–H and O–H groups in total. The summed E-state index contributed by atoms with van der Waals surface area (Å²) in [6.45, 7) is 2.25.